The van der Waals surface area contributed by atoms with Gasteiger partial charge in [-0.15, -0.1) is 0 Å². The molecule has 34 heavy (non-hydrogen) atoms. The highest BCUT2D eigenvalue weighted by Gasteiger charge is 2.63. The molecule has 1 saturated heterocycles. The first kappa shape index (κ1) is 24.1. The molecule has 4 rings (SSSR count). The first-order valence-corrected chi connectivity index (χ1v) is 11.4. The molecule has 8 nitrogen and oxygen atoms in total. The molecular weight excluding hydrogens is 438 g/mol. The van der Waals surface area contributed by atoms with Crippen LogP contribution in [0.5, 0.6) is 0 Å². The van der Waals surface area contributed by atoms with Crippen molar-refractivity contribution in [3.05, 3.63) is 93.6 Å². The number of esters is 1. The lowest BCUT2D eigenvalue weighted by atomic mass is 9.75. The Hall–Kier alpha value is -3.07. The summed E-state index contributed by atoms with van der Waals surface area (Å²) in [6.07, 6.45) is 0.777. The van der Waals surface area contributed by atoms with Gasteiger partial charge in [0.05, 0.1) is 33.0 Å². The Morgan fingerprint density at radius 1 is 1.09 bits per heavy atom. The van der Waals surface area contributed by atoms with Crippen molar-refractivity contribution in [3.8, 4) is 0 Å². The van der Waals surface area contributed by atoms with Crippen molar-refractivity contribution in [2.45, 2.75) is 56.3 Å². The van der Waals surface area contributed by atoms with E-state index in [1.807, 2.05) is 66.7 Å². The molecule has 0 spiro atoms. The Balaban J connectivity index is 1.54. The van der Waals surface area contributed by atoms with Crippen LogP contribution in [0.25, 0.3) is 0 Å². The van der Waals surface area contributed by atoms with Crippen molar-refractivity contribution >= 4 is 5.97 Å². The van der Waals surface area contributed by atoms with Gasteiger partial charge in [0.15, 0.2) is 6.10 Å². The maximum atomic E-state index is 12.6. The van der Waals surface area contributed by atoms with Crippen molar-refractivity contribution in [2.75, 3.05) is 13.7 Å². The van der Waals surface area contributed by atoms with Gasteiger partial charge in [-0.2, -0.15) is 0 Å². The van der Waals surface area contributed by atoms with Crippen LogP contribution < -0.4 is 0 Å². The largest absolute Gasteiger partial charge is 0.464 e. The van der Waals surface area contributed by atoms with Crippen LogP contribution in [0.2, 0.25) is 0 Å². The lowest BCUT2D eigenvalue weighted by molar-refractivity contribution is -0.570. The zero-order chi connectivity index (χ0) is 24.0. The topological polar surface area (TPSA) is 97.1 Å². The molecular formula is C26H29NO7. The van der Waals surface area contributed by atoms with Crippen LogP contribution in [0.3, 0.4) is 0 Å². The van der Waals surface area contributed by atoms with Gasteiger partial charge < -0.3 is 18.9 Å². The quantitative estimate of drug-likeness (QED) is 0.239. The lowest BCUT2D eigenvalue weighted by Crippen LogP contribution is -2.63. The van der Waals surface area contributed by atoms with Crippen LogP contribution in [-0.4, -0.2) is 48.5 Å². The average molecular weight is 468 g/mol. The number of carbonyl (C=O) groups excluding carboxylic acids is 1. The standard InChI is InChI=1S/C26H29NO7/c1-31-25(28)26(27(29)30)14-8-13-21-15-22(33-17-20-11-6-3-7-12-20)23(34-24(21)26)18-32-16-19-9-4-2-5-10-19/h2-7,9-13,22-24H,8,14-18H2,1H3/t22-,23-,24+,26+/m1/s1. The summed E-state index contributed by atoms with van der Waals surface area (Å²) in [6.45, 7) is 0.920. The number of benzene rings is 2. The fraction of sp³-hybridized carbons (Fsp3) is 0.423. The van der Waals surface area contributed by atoms with E-state index in [1.165, 1.54) is 7.11 Å². The molecule has 0 saturated carbocycles. The van der Waals surface area contributed by atoms with E-state index in [1.54, 1.807) is 0 Å². The molecule has 0 aromatic heterocycles. The van der Waals surface area contributed by atoms with E-state index in [9.17, 15) is 14.9 Å². The van der Waals surface area contributed by atoms with Gasteiger partial charge in [-0.3, -0.25) is 10.1 Å². The Bertz CT molecular complexity index is 1010. The predicted molar refractivity (Wildman–Crippen MR) is 123 cm³/mol. The van der Waals surface area contributed by atoms with Crippen LogP contribution in [0.15, 0.2) is 72.3 Å². The molecule has 180 valence electrons. The van der Waals surface area contributed by atoms with E-state index in [0.717, 1.165) is 11.1 Å². The number of hydrogen-bond acceptors (Lipinski definition) is 7. The fourth-order valence-electron chi connectivity index (χ4n) is 4.64. The Labute approximate surface area is 198 Å². The van der Waals surface area contributed by atoms with E-state index in [-0.39, 0.29) is 19.1 Å². The molecule has 2 aromatic rings. The summed E-state index contributed by atoms with van der Waals surface area (Å²) in [5, 5.41) is 12.2. The number of allylic oxidation sites excluding steroid dienone is 1. The second kappa shape index (κ2) is 10.9. The molecule has 0 N–H and O–H groups in total. The number of nitrogens with zero attached hydrogens (tertiary/aromatic N) is 1. The van der Waals surface area contributed by atoms with Crippen LogP contribution in [0.4, 0.5) is 0 Å². The molecule has 0 unspecified atom stereocenters. The number of carbonyl (C=O) groups is 1. The molecule has 8 heteroatoms. The van der Waals surface area contributed by atoms with E-state index in [0.29, 0.717) is 31.6 Å². The van der Waals surface area contributed by atoms with E-state index >= 15 is 0 Å². The molecule has 1 aliphatic carbocycles. The van der Waals surface area contributed by atoms with E-state index in [2.05, 4.69) is 0 Å². The van der Waals surface area contributed by atoms with Crippen molar-refractivity contribution in [2.24, 2.45) is 0 Å². The number of nitro groups is 1. The summed E-state index contributed by atoms with van der Waals surface area (Å²) >= 11 is 0. The van der Waals surface area contributed by atoms with Gasteiger partial charge in [-0.05, 0) is 23.1 Å². The summed E-state index contributed by atoms with van der Waals surface area (Å²) < 4.78 is 23.3. The van der Waals surface area contributed by atoms with Crippen LogP contribution in [0.1, 0.15) is 30.4 Å². The normalized spacial score (nSPS) is 26.3. The summed E-state index contributed by atoms with van der Waals surface area (Å²) in [5.41, 5.74) is 0.750. The highest BCUT2D eigenvalue weighted by molar-refractivity contribution is 5.81. The van der Waals surface area contributed by atoms with Crippen molar-refractivity contribution < 1.29 is 28.7 Å². The molecule has 0 radical (unpaired) electrons. The summed E-state index contributed by atoms with van der Waals surface area (Å²) in [7, 11) is 1.17. The minimum absolute atomic E-state index is 0.0218. The van der Waals surface area contributed by atoms with Crippen molar-refractivity contribution in [1.82, 2.24) is 0 Å². The predicted octanol–water partition coefficient (Wildman–Crippen LogP) is 3.85. The molecule has 1 fully saturated rings. The monoisotopic (exact) mass is 467 g/mol. The van der Waals surface area contributed by atoms with Crippen LogP contribution in [-0.2, 0) is 37.0 Å². The van der Waals surface area contributed by atoms with Gasteiger partial charge in [0.2, 0.25) is 0 Å². The van der Waals surface area contributed by atoms with Gasteiger partial charge in [0, 0.05) is 17.8 Å². The maximum Gasteiger partial charge on any atom is 0.387 e. The molecule has 2 aromatic carbocycles. The average Bonchev–Trinajstić information content (AvgIpc) is 2.87. The number of ether oxygens (including phenoxy) is 4. The Morgan fingerprint density at radius 3 is 2.35 bits per heavy atom. The smallest absolute Gasteiger partial charge is 0.387 e. The molecule has 0 bridgehead atoms. The van der Waals surface area contributed by atoms with Gasteiger partial charge in [-0.25, -0.2) is 4.79 Å². The molecule has 1 aliphatic heterocycles. The highest BCUT2D eigenvalue weighted by Crippen LogP contribution is 2.41. The minimum Gasteiger partial charge on any atom is -0.464 e. The molecule has 0 amide bonds. The first-order valence-electron chi connectivity index (χ1n) is 11.4. The highest BCUT2D eigenvalue weighted by atomic mass is 16.7. The molecule has 2 aliphatic rings. The third kappa shape index (κ3) is 5.04. The fourth-order valence-corrected chi connectivity index (χ4v) is 4.64. The first-order chi connectivity index (χ1) is 16.5. The molecule has 1 heterocycles. The van der Waals surface area contributed by atoms with Crippen molar-refractivity contribution in [1.29, 1.82) is 0 Å². The van der Waals surface area contributed by atoms with Crippen molar-refractivity contribution in [3.63, 3.8) is 0 Å². The summed E-state index contributed by atoms with van der Waals surface area (Å²) in [5.74, 6) is -0.888. The number of rotatable bonds is 9. The van der Waals surface area contributed by atoms with Crippen LogP contribution >= 0.6 is 0 Å². The second-order valence-corrected chi connectivity index (χ2v) is 8.59. The molecule has 4 atom stereocenters. The Morgan fingerprint density at radius 2 is 1.74 bits per heavy atom. The summed E-state index contributed by atoms with van der Waals surface area (Å²) in [6, 6.07) is 19.5. The maximum absolute atomic E-state index is 12.6. The zero-order valence-electron chi connectivity index (χ0n) is 19.1. The Kier molecular flexibility index (Phi) is 7.72. The van der Waals surface area contributed by atoms with E-state index in [4.69, 9.17) is 18.9 Å². The zero-order valence-corrected chi connectivity index (χ0v) is 19.1. The third-order valence-corrected chi connectivity index (χ3v) is 6.43. The summed E-state index contributed by atoms with van der Waals surface area (Å²) in [4.78, 5) is 24.3. The number of fused-ring (bicyclic) bond motifs is 1. The van der Waals surface area contributed by atoms with Gasteiger partial charge >= 0.3 is 11.5 Å². The minimum atomic E-state index is -1.97. The lowest BCUT2D eigenvalue weighted by Gasteiger charge is -2.43. The van der Waals surface area contributed by atoms with Gasteiger partial charge in [0.25, 0.3) is 0 Å². The number of hydrogen-bond donors (Lipinski definition) is 0. The van der Waals surface area contributed by atoms with E-state index < -0.39 is 28.6 Å². The third-order valence-electron chi connectivity index (χ3n) is 6.43. The number of methoxy groups -OCH3 is 1. The van der Waals surface area contributed by atoms with Crippen LogP contribution in [0, 0.1) is 10.1 Å². The van der Waals surface area contributed by atoms with Gasteiger partial charge in [0.1, 0.15) is 6.10 Å². The van der Waals surface area contributed by atoms with Gasteiger partial charge in [-0.1, -0.05) is 66.7 Å². The SMILES string of the molecule is COC(=O)[C@]1([N+](=O)[O-])CCC=C2C[C@@H](OCc3ccccc3)[C@@H](COCc3ccccc3)O[C@@H]21. The second-order valence-electron chi connectivity index (χ2n) is 8.59.